The van der Waals surface area contributed by atoms with Gasteiger partial charge in [0.2, 0.25) is 5.91 Å². The minimum atomic E-state index is 0.332. The molecule has 1 amide bonds. The molecule has 1 aliphatic heterocycles. The lowest BCUT2D eigenvalue weighted by atomic mass is 9.98. The van der Waals surface area contributed by atoms with E-state index in [0.717, 1.165) is 32.5 Å². The SMILES string of the molecule is CCNC(CN1CC(C)CC1=O)C(C)CC. The second-order valence-corrected chi connectivity index (χ2v) is 5.16. The van der Waals surface area contributed by atoms with Crippen molar-refractivity contribution >= 4 is 5.91 Å². The van der Waals surface area contributed by atoms with E-state index in [0.29, 0.717) is 23.8 Å². The molecule has 0 aromatic rings. The minimum absolute atomic E-state index is 0.332. The highest BCUT2D eigenvalue weighted by molar-refractivity contribution is 5.78. The molecule has 94 valence electrons. The number of hydrogen-bond donors (Lipinski definition) is 1. The zero-order valence-corrected chi connectivity index (χ0v) is 11.1. The first-order valence-electron chi connectivity index (χ1n) is 6.59. The summed E-state index contributed by atoms with van der Waals surface area (Å²) in [5.41, 5.74) is 0. The maximum absolute atomic E-state index is 11.7. The maximum Gasteiger partial charge on any atom is 0.222 e. The predicted octanol–water partition coefficient (Wildman–Crippen LogP) is 1.88. The number of likely N-dealkylation sites (N-methyl/N-ethyl adjacent to an activating group) is 1. The van der Waals surface area contributed by atoms with Crippen molar-refractivity contribution in [3.8, 4) is 0 Å². The van der Waals surface area contributed by atoms with Crippen LogP contribution in [0.2, 0.25) is 0 Å². The summed E-state index contributed by atoms with van der Waals surface area (Å²) in [5, 5.41) is 3.50. The Labute approximate surface area is 99.6 Å². The molecule has 0 aromatic carbocycles. The normalized spacial score (nSPS) is 24.9. The van der Waals surface area contributed by atoms with E-state index in [4.69, 9.17) is 0 Å². The first-order valence-corrected chi connectivity index (χ1v) is 6.59. The molecule has 1 heterocycles. The molecule has 0 aromatic heterocycles. The summed E-state index contributed by atoms with van der Waals surface area (Å²) in [7, 11) is 0. The van der Waals surface area contributed by atoms with Crippen LogP contribution in [0, 0.1) is 11.8 Å². The molecule has 1 N–H and O–H groups in total. The van der Waals surface area contributed by atoms with Crippen LogP contribution in [0.1, 0.15) is 40.5 Å². The lowest BCUT2D eigenvalue weighted by Gasteiger charge is -2.28. The number of hydrogen-bond acceptors (Lipinski definition) is 2. The zero-order chi connectivity index (χ0) is 12.1. The molecule has 3 atom stereocenters. The summed E-state index contributed by atoms with van der Waals surface area (Å²) in [6.45, 7) is 11.6. The van der Waals surface area contributed by atoms with Crippen LogP contribution in [0.5, 0.6) is 0 Å². The molecule has 0 radical (unpaired) electrons. The first-order chi connectivity index (χ1) is 7.58. The summed E-state index contributed by atoms with van der Waals surface area (Å²) >= 11 is 0. The van der Waals surface area contributed by atoms with Crippen molar-refractivity contribution in [3.63, 3.8) is 0 Å². The van der Waals surface area contributed by atoms with E-state index in [9.17, 15) is 4.79 Å². The van der Waals surface area contributed by atoms with Crippen molar-refractivity contribution in [3.05, 3.63) is 0 Å². The molecule has 1 saturated heterocycles. The fourth-order valence-electron chi connectivity index (χ4n) is 2.38. The van der Waals surface area contributed by atoms with E-state index < -0.39 is 0 Å². The number of amides is 1. The van der Waals surface area contributed by atoms with E-state index in [1.165, 1.54) is 0 Å². The topological polar surface area (TPSA) is 32.3 Å². The summed E-state index contributed by atoms with van der Waals surface area (Å²) < 4.78 is 0. The molecule has 1 fully saturated rings. The van der Waals surface area contributed by atoms with Crippen LogP contribution in [0.3, 0.4) is 0 Å². The predicted molar refractivity (Wildman–Crippen MR) is 67.3 cm³/mol. The number of nitrogens with zero attached hydrogens (tertiary/aromatic N) is 1. The second kappa shape index (κ2) is 6.24. The lowest BCUT2D eigenvalue weighted by molar-refractivity contribution is -0.128. The molecule has 16 heavy (non-hydrogen) atoms. The van der Waals surface area contributed by atoms with Gasteiger partial charge >= 0.3 is 0 Å². The van der Waals surface area contributed by atoms with Crippen LogP contribution in [-0.2, 0) is 4.79 Å². The van der Waals surface area contributed by atoms with Gasteiger partial charge in [-0.2, -0.15) is 0 Å². The third-order valence-electron chi connectivity index (χ3n) is 3.62. The third-order valence-corrected chi connectivity index (χ3v) is 3.62. The standard InChI is InChI=1S/C13H26N2O/c1-5-11(4)12(14-6-2)9-15-8-10(3)7-13(15)16/h10-12,14H,5-9H2,1-4H3. The number of rotatable bonds is 6. The van der Waals surface area contributed by atoms with Gasteiger partial charge in [0.1, 0.15) is 0 Å². The summed E-state index contributed by atoms with van der Waals surface area (Å²) in [5.74, 6) is 1.49. The number of carbonyl (C=O) groups excluding carboxylic acids is 1. The molecule has 1 rings (SSSR count). The van der Waals surface area contributed by atoms with E-state index in [1.807, 2.05) is 4.90 Å². The third kappa shape index (κ3) is 3.48. The van der Waals surface area contributed by atoms with Gasteiger partial charge in [-0.05, 0) is 18.4 Å². The number of nitrogens with one attached hydrogen (secondary N) is 1. The van der Waals surface area contributed by atoms with Crippen LogP contribution in [0.4, 0.5) is 0 Å². The molecular formula is C13H26N2O. The highest BCUT2D eigenvalue weighted by atomic mass is 16.2. The maximum atomic E-state index is 11.7. The van der Waals surface area contributed by atoms with Crippen LogP contribution in [0.25, 0.3) is 0 Å². The molecule has 0 bridgehead atoms. The van der Waals surface area contributed by atoms with Gasteiger partial charge in [-0.3, -0.25) is 4.79 Å². The van der Waals surface area contributed by atoms with Crippen LogP contribution in [0.15, 0.2) is 0 Å². The first kappa shape index (κ1) is 13.5. The Kier molecular flexibility index (Phi) is 5.26. The molecule has 3 heteroatoms. The molecule has 0 spiro atoms. The number of carbonyl (C=O) groups is 1. The highest BCUT2D eigenvalue weighted by Gasteiger charge is 2.29. The van der Waals surface area contributed by atoms with Gasteiger partial charge in [-0.1, -0.05) is 34.1 Å². The summed E-state index contributed by atoms with van der Waals surface area (Å²) in [6, 6.07) is 0.448. The number of likely N-dealkylation sites (tertiary alicyclic amines) is 1. The molecule has 0 aliphatic carbocycles. The molecule has 3 nitrogen and oxygen atoms in total. The fourth-order valence-corrected chi connectivity index (χ4v) is 2.38. The van der Waals surface area contributed by atoms with Crippen molar-refractivity contribution in [2.75, 3.05) is 19.6 Å². The summed E-state index contributed by atoms with van der Waals surface area (Å²) in [4.78, 5) is 13.8. The highest BCUT2D eigenvalue weighted by Crippen LogP contribution is 2.19. The molecule has 3 unspecified atom stereocenters. The smallest absolute Gasteiger partial charge is 0.222 e. The van der Waals surface area contributed by atoms with Crippen molar-refractivity contribution < 1.29 is 4.79 Å². The summed E-state index contributed by atoms with van der Waals surface area (Å²) in [6.07, 6.45) is 1.90. The Morgan fingerprint density at radius 3 is 2.62 bits per heavy atom. The average Bonchev–Trinajstić information content (AvgIpc) is 2.55. The van der Waals surface area contributed by atoms with Crippen LogP contribution in [-0.4, -0.2) is 36.5 Å². The van der Waals surface area contributed by atoms with E-state index in [2.05, 4.69) is 33.0 Å². The van der Waals surface area contributed by atoms with Gasteiger partial charge in [-0.15, -0.1) is 0 Å². The van der Waals surface area contributed by atoms with Crippen molar-refractivity contribution in [1.82, 2.24) is 10.2 Å². The molecular weight excluding hydrogens is 200 g/mol. The van der Waals surface area contributed by atoms with Crippen molar-refractivity contribution in [2.24, 2.45) is 11.8 Å². The van der Waals surface area contributed by atoms with Gasteiger partial charge in [-0.25, -0.2) is 0 Å². The second-order valence-electron chi connectivity index (χ2n) is 5.16. The van der Waals surface area contributed by atoms with E-state index >= 15 is 0 Å². The minimum Gasteiger partial charge on any atom is -0.341 e. The van der Waals surface area contributed by atoms with Gasteiger partial charge in [0, 0.05) is 25.6 Å². The van der Waals surface area contributed by atoms with Gasteiger partial charge in [0.25, 0.3) is 0 Å². The Bertz CT molecular complexity index is 230. The quantitative estimate of drug-likeness (QED) is 0.750. The zero-order valence-electron chi connectivity index (χ0n) is 11.1. The lowest BCUT2D eigenvalue weighted by Crippen LogP contribution is -2.45. The largest absolute Gasteiger partial charge is 0.341 e. The fraction of sp³-hybridized carbons (Fsp3) is 0.923. The van der Waals surface area contributed by atoms with Gasteiger partial charge in [0.05, 0.1) is 0 Å². The Morgan fingerprint density at radius 2 is 2.19 bits per heavy atom. The van der Waals surface area contributed by atoms with E-state index in [1.54, 1.807) is 0 Å². The Hall–Kier alpha value is -0.570. The van der Waals surface area contributed by atoms with Gasteiger partial charge in [0.15, 0.2) is 0 Å². The monoisotopic (exact) mass is 226 g/mol. The average molecular weight is 226 g/mol. The van der Waals surface area contributed by atoms with Crippen LogP contribution < -0.4 is 5.32 Å². The van der Waals surface area contributed by atoms with E-state index in [-0.39, 0.29) is 0 Å². The van der Waals surface area contributed by atoms with Crippen LogP contribution >= 0.6 is 0 Å². The molecule has 0 saturated carbocycles. The van der Waals surface area contributed by atoms with Crippen molar-refractivity contribution in [1.29, 1.82) is 0 Å². The molecule has 1 aliphatic rings. The Morgan fingerprint density at radius 1 is 1.50 bits per heavy atom. The van der Waals surface area contributed by atoms with Crippen molar-refractivity contribution in [2.45, 2.75) is 46.6 Å². The Balaban J connectivity index is 2.51. The van der Waals surface area contributed by atoms with Gasteiger partial charge < -0.3 is 10.2 Å².